The van der Waals surface area contributed by atoms with Crippen molar-refractivity contribution in [2.75, 3.05) is 13.2 Å². The number of nitrogens with one attached hydrogen (secondary N) is 1. The molecule has 0 atom stereocenters. The Kier molecular flexibility index (Phi) is 4.07. The maximum atomic E-state index is 12.7. The van der Waals surface area contributed by atoms with Crippen molar-refractivity contribution in [2.24, 2.45) is 0 Å². The largest absolute Gasteiger partial charge is 0.390 e. The fraction of sp³-hybridized carbons (Fsp3) is 0.375. The highest BCUT2D eigenvalue weighted by atomic mass is 32.2. The zero-order chi connectivity index (χ0) is 13.1. The van der Waals surface area contributed by atoms with Gasteiger partial charge in [0.05, 0.1) is 12.7 Å². The number of pyridine rings is 1. The summed E-state index contributed by atoms with van der Waals surface area (Å²) < 4.78 is 62.3. The molecule has 0 aliphatic rings. The van der Waals surface area contributed by atoms with Crippen LogP contribution in [0.15, 0.2) is 23.4 Å². The molecule has 0 fully saturated rings. The van der Waals surface area contributed by atoms with E-state index < -0.39 is 39.8 Å². The first-order valence-corrected chi connectivity index (χ1v) is 5.84. The van der Waals surface area contributed by atoms with E-state index in [1.165, 1.54) is 0 Å². The molecule has 0 radical (unpaired) electrons. The second kappa shape index (κ2) is 4.98. The third-order valence-electron chi connectivity index (χ3n) is 1.74. The number of aliphatic hydroxyl groups excluding tert-OH is 1. The van der Waals surface area contributed by atoms with Gasteiger partial charge in [-0.1, -0.05) is 0 Å². The lowest BCUT2D eigenvalue weighted by Gasteiger charge is -2.13. The molecule has 0 saturated heterocycles. The number of halogens is 3. The summed E-state index contributed by atoms with van der Waals surface area (Å²) in [6.07, 6.45) is 1.60. The number of aromatic nitrogens is 1. The number of alkyl halides is 2. The predicted octanol–water partition coefficient (Wildman–Crippen LogP) is 0.127. The van der Waals surface area contributed by atoms with E-state index in [1.807, 2.05) is 0 Å². The summed E-state index contributed by atoms with van der Waals surface area (Å²) in [5.74, 6) is -4.48. The molecule has 1 heterocycles. The number of rotatable bonds is 5. The molecule has 0 unspecified atom stereocenters. The van der Waals surface area contributed by atoms with Gasteiger partial charge in [-0.2, -0.15) is 0 Å². The molecule has 0 spiro atoms. The Morgan fingerprint density at radius 2 is 2.06 bits per heavy atom. The van der Waals surface area contributed by atoms with Crippen molar-refractivity contribution < 1.29 is 26.7 Å². The second-order valence-corrected chi connectivity index (χ2v) is 4.94. The van der Waals surface area contributed by atoms with Gasteiger partial charge in [0.15, 0.2) is 0 Å². The second-order valence-electron chi connectivity index (χ2n) is 3.18. The van der Waals surface area contributed by atoms with Crippen LogP contribution in [0, 0.1) is 5.82 Å². The van der Waals surface area contributed by atoms with E-state index >= 15 is 0 Å². The van der Waals surface area contributed by atoms with Crippen LogP contribution in [0.4, 0.5) is 13.2 Å². The van der Waals surface area contributed by atoms with Crippen LogP contribution in [0.2, 0.25) is 0 Å². The first-order chi connectivity index (χ1) is 7.77. The topological polar surface area (TPSA) is 79.3 Å². The molecule has 0 aliphatic carbocycles. The molecule has 0 bridgehead atoms. The van der Waals surface area contributed by atoms with Gasteiger partial charge >= 0.3 is 0 Å². The zero-order valence-electron chi connectivity index (χ0n) is 8.40. The summed E-state index contributed by atoms with van der Waals surface area (Å²) in [5.41, 5.74) is 0. The highest BCUT2D eigenvalue weighted by molar-refractivity contribution is 7.89. The Hall–Kier alpha value is -1.19. The molecule has 0 aliphatic heterocycles. The minimum atomic E-state index is -4.27. The van der Waals surface area contributed by atoms with Crippen molar-refractivity contribution in [1.29, 1.82) is 0 Å². The fourth-order valence-electron chi connectivity index (χ4n) is 0.879. The molecule has 9 heteroatoms. The van der Waals surface area contributed by atoms with Crippen LogP contribution in [-0.2, 0) is 10.0 Å². The number of hydrogen-bond donors (Lipinski definition) is 2. The third kappa shape index (κ3) is 3.95. The van der Waals surface area contributed by atoms with Gasteiger partial charge in [0.1, 0.15) is 17.3 Å². The standard InChI is InChI=1S/C8H9F3N2O3S/c9-6-1-7(3-12-2-6)17(15,16)13-4-8(10,11)5-14/h1-3,13-14H,4-5H2. The molecule has 96 valence electrons. The van der Waals surface area contributed by atoms with Gasteiger partial charge < -0.3 is 5.11 Å². The average molecular weight is 270 g/mol. The molecule has 17 heavy (non-hydrogen) atoms. The van der Waals surface area contributed by atoms with Crippen LogP contribution in [0.1, 0.15) is 0 Å². The van der Waals surface area contributed by atoms with Gasteiger partial charge in [-0.25, -0.2) is 26.3 Å². The van der Waals surface area contributed by atoms with Crippen LogP contribution in [0.5, 0.6) is 0 Å². The lowest BCUT2D eigenvalue weighted by molar-refractivity contribution is -0.0437. The van der Waals surface area contributed by atoms with E-state index in [-0.39, 0.29) is 0 Å². The van der Waals surface area contributed by atoms with Crippen molar-refractivity contribution in [2.45, 2.75) is 10.8 Å². The third-order valence-corrected chi connectivity index (χ3v) is 3.11. The van der Waals surface area contributed by atoms with Gasteiger partial charge in [-0.05, 0) is 6.07 Å². The quantitative estimate of drug-likeness (QED) is 0.797. The molecule has 0 saturated carbocycles. The Morgan fingerprint density at radius 3 is 2.59 bits per heavy atom. The Morgan fingerprint density at radius 1 is 1.41 bits per heavy atom. The summed E-state index contributed by atoms with van der Waals surface area (Å²) >= 11 is 0. The van der Waals surface area contributed by atoms with E-state index in [2.05, 4.69) is 4.98 Å². The molecule has 0 amide bonds. The minimum Gasteiger partial charge on any atom is -0.390 e. The smallest absolute Gasteiger partial charge is 0.283 e. The Bertz CT molecular complexity index is 493. The van der Waals surface area contributed by atoms with E-state index in [0.717, 1.165) is 12.4 Å². The van der Waals surface area contributed by atoms with Gasteiger partial charge in [-0.15, -0.1) is 0 Å². The lowest BCUT2D eigenvalue weighted by Crippen LogP contribution is -2.39. The summed E-state index contributed by atoms with van der Waals surface area (Å²) in [4.78, 5) is 2.72. The Balaban J connectivity index is 2.83. The van der Waals surface area contributed by atoms with E-state index in [9.17, 15) is 21.6 Å². The van der Waals surface area contributed by atoms with Crippen LogP contribution in [0.25, 0.3) is 0 Å². The van der Waals surface area contributed by atoms with Crippen LogP contribution in [-0.4, -0.2) is 37.6 Å². The Labute approximate surface area is 95.3 Å². The molecule has 2 N–H and O–H groups in total. The monoisotopic (exact) mass is 270 g/mol. The van der Waals surface area contributed by atoms with Gasteiger partial charge in [-0.3, -0.25) is 4.98 Å². The number of sulfonamides is 1. The van der Waals surface area contributed by atoms with Crippen LogP contribution in [0.3, 0.4) is 0 Å². The highest BCUT2D eigenvalue weighted by Gasteiger charge is 2.30. The van der Waals surface area contributed by atoms with Crippen LogP contribution < -0.4 is 4.72 Å². The van der Waals surface area contributed by atoms with Crippen molar-refractivity contribution in [3.63, 3.8) is 0 Å². The fourth-order valence-corrected chi connectivity index (χ4v) is 1.91. The first-order valence-electron chi connectivity index (χ1n) is 4.36. The maximum Gasteiger partial charge on any atom is 0.283 e. The van der Waals surface area contributed by atoms with Gasteiger partial charge in [0.2, 0.25) is 10.0 Å². The molecular formula is C8H9F3N2O3S. The van der Waals surface area contributed by atoms with Gasteiger partial charge in [0.25, 0.3) is 5.92 Å². The number of aliphatic hydroxyl groups is 1. The maximum absolute atomic E-state index is 12.7. The molecular weight excluding hydrogens is 261 g/mol. The minimum absolute atomic E-state index is 0.564. The predicted molar refractivity (Wildman–Crippen MR) is 51.4 cm³/mol. The van der Waals surface area contributed by atoms with Gasteiger partial charge in [0, 0.05) is 6.20 Å². The van der Waals surface area contributed by atoms with E-state index in [4.69, 9.17) is 5.11 Å². The van der Waals surface area contributed by atoms with Crippen LogP contribution >= 0.6 is 0 Å². The SMILES string of the molecule is O=S(=O)(NCC(F)(F)CO)c1cncc(F)c1. The summed E-state index contributed by atoms with van der Waals surface area (Å²) in [5, 5.41) is 8.25. The molecule has 1 aromatic heterocycles. The summed E-state index contributed by atoms with van der Waals surface area (Å²) in [7, 11) is -4.27. The normalized spacial score (nSPS) is 12.7. The molecule has 5 nitrogen and oxygen atoms in total. The molecule has 1 aromatic rings. The molecule has 1 rings (SSSR count). The van der Waals surface area contributed by atoms with Crippen molar-refractivity contribution >= 4 is 10.0 Å². The zero-order valence-corrected chi connectivity index (χ0v) is 9.22. The number of nitrogens with zero attached hydrogens (tertiary/aromatic N) is 1. The van der Waals surface area contributed by atoms with E-state index in [0.29, 0.717) is 6.07 Å². The number of hydrogen-bond acceptors (Lipinski definition) is 4. The van der Waals surface area contributed by atoms with E-state index in [1.54, 1.807) is 4.72 Å². The summed E-state index contributed by atoms with van der Waals surface area (Å²) in [6, 6.07) is 0.645. The average Bonchev–Trinajstić information content (AvgIpc) is 2.27. The van der Waals surface area contributed by atoms with Crippen molar-refractivity contribution in [3.8, 4) is 0 Å². The van der Waals surface area contributed by atoms with Crippen molar-refractivity contribution in [1.82, 2.24) is 9.71 Å². The van der Waals surface area contributed by atoms with Crippen molar-refractivity contribution in [3.05, 3.63) is 24.3 Å². The summed E-state index contributed by atoms with van der Waals surface area (Å²) in [6.45, 7) is -2.76. The first kappa shape index (κ1) is 13.9. The molecule has 0 aromatic carbocycles. The highest BCUT2D eigenvalue weighted by Crippen LogP contribution is 2.13. The lowest BCUT2D eigenvalue weighted by atomic mass is 10.4.